The largest absolute Gasteiger partial charge is 0.508 e. The predicted molar refractivity (Wildman–Crippen MR) is 78.1 cm³/mol. The second-order valence-electron chi connectivity index (χ2n) is 5.85. The Bertz CT molecular complexity index is 517. The topological polar surface area (TPSA) is 67.8 Å². The molecule has 1 saturated carbocycles. The third-order valence-electron chi connectivity index (χ3n) is 4.22. The van der Waals surface area contributed by atoms with Crippen LogP contribution in [0.5, 0.6) is 5.75 Å². The molecule has 0 bridgehead atoms. The Hall–Kier alpha value is -1.59. The highest BCUT2D eigenvalue weighted by Gasteiger charge is 2.49. The molecule has 21 heavy (non-hydrogen) atoms. The van der Waals surface area contributed by atoms with Crippen molar-refractivity contribution in [3.63, 3.8) is 0 Å². The van der Waals surface area contributed by atoms with Crippen molar-refractivity contribution in [1.29, 1.82) is 0 Å². The Morgan fingerprint density at radius 1 is 1.29 bits per heavy atom. The molecule has 1 aromatic rings. The van der Waals surface area contributed by atoms with Gasteiger partial charge < -0.3 is 19.9 Å². The monoisotopic (exact) mass is 291 g/mol. The van der Waals surface area contributed by atoms with Gasteiger partial charge in [-0.25, -0.2) is 0 Å². The lowest BCUT2D eigenvalue weighted by Crippen LogP contribution is -2.47. The van der Waals surface area contributed by atoms with Crippen LogP contribution < -0.4 is 5.32 Å². The lowest BCUT2D eigenvalue weighted by molar-refractivity contribution is -0.210. The lowest BCUT2D eigenvalue weighted by atomic mass is 9.82. The van der Waals surface area contributed by atoms with E-state index in [-0.39, 0.29) is 17.6 Å². The summed E-state index contributed by atoms with van der Waals surface area (Å²) in [5.74, 6) is -0.983. The number of carbonyl (C=O) groups is 1. The summed E-state index contributed by atoms with van der Waals surface area (Å²) in [6, 6.07) is 5.04. The summed E-state index contributed by atoms with van der Waals surface area (Å²) in [6.07, 6.45) is 3.56. The van der Waals surface area contributed by atoms with E-state index in [2.05, 4.69) is 5.32 Å². The van der Waals surface area contributed by atoms with Gasteiger partial charge in [-0.1, -0.05) is 6.42 Å². The highest BCUT2D eigenvalue weighted by molar-refractivity contribution is 5.93. The van der Waals surface area contributed by atoms with Gasteiger partial charge in [0, 0.05) is 18.2 Å². The van der Waals surface area contributed by atoms with E-state index < -0.39 is 5.79 Å². The molecule has 1 saturated heterocycles. The van der Waals surface area contributed by atoms with Crippen LogP contribution in [0.25, 0.3) is 0 Å². The average Bonchev–Trinajstić information content (AvgIpc) is 2.86. The molecule has 1 atom stereocenters. The van der Waals surface area contributed by atoms with Crippen molar-refractivity contribution in [3.05, 3.63) is 23.8 Å². The zero-order chi connectivity index (χ0) is 14.9. The maximum atomic E-state index is 12.6. The van der Waals surface area contributed by atoms with E-state index in [4.69, 9.17) is 9.47 Å². The van der Waals surface area contributed by atoms with Crippen LogP contribution in [0.15, 0.2) is 18.2 Å². The van der Waals surface area contributed by atoms with Gasteiger partial charge in [0.15, 0.2) is 5.79 Å². The molecular formula is C16H21NO4. The zero-order valence-corrected chi connectivity index (χ0v) is 12.2. The first kappa shape index (κ1) is 14.4. The van der Waals surface area contributed by atoms with E-state index >= 15 is 0 Å². The van der Waals surface area contributed by atoms with Crippen LogP contribution in [-0.2, 0) is 14.3 Å². The number of phenols is 1. The van der Waals surface area contributed by atoms with Gasteiger partial charge in [-0.15, -0.1) is 0 Å². The normalized spacial score (nSPS) is 24.1. The lowest BCUT2D eigenvalue weighted by Gasteiger charge is -2.38. The predicted octanol–water partition coefficient (Wildman–Crippen LogP) is 2.57. The maximum absolute atomic E-state index is 12.6. The van der Waals surface area contributed by atoms with Crippen LogP contribution in [-0.4, -0.2) is 30.0 Å². The molecule has 1 heterocycles. The second-order valence-corrected chi connectivity index (χ2v) is 5.85. The van der Waals surface area contributed by atoms with Crippen molar-refractivity contribution in [3.8, 4) is 5.75 Å². The molecule has 1 unspecified atom stereocenters. The molecule has 1 aliphatic heterocycles. The summed E-state index contributed by atoms with van der Waals surface area (Å²) in [4.78, 5) is 12.6. The minimum absolute atomic E-state index is 0.0957. The van der Waals surface area contributed by atoms with Crippen molar-refractivity contribution in [1.82, 2.24) is 0 Å². The zero-order valence-electron chi connectivity index (χ0n) is 12.2. The van der Waals surface area contributed by atoms with Crippen LogP contribution in [0.1, 0.15) is 31.2 Å². The summed E-state index contributed by atoms with van der Waals surface area (Å²) in [6.45, 7) is 2.98. The highest BCUT2D eigenvalue weighted by atomic mass is 16.7. The fraction of sp³-hybridized carbons (Fsp3) is 0.562. The van der Waals surface area contributed by atoms with Crippen LogP contribution in [0.4, 0.5) is 5.69 Å². The average molecular weight is 291 g/mol. The molecule has 3 rings (SSSR count). The van der Waals surface area contributed by atoms with E-state index in [9.17, 15) is 9.90 Å². The first-order chi connectivity index (χ1) is 10.1. The SMILES string of the molecule is Cc1cc(O)cc(NC(=O)C2CCCCC23OCCO3)c1. The number of hydrogen-bond acceptors (Lipinski definition) is 4. The molecule has 0 aromatic heterocycles. The number of aryl methyl sites for hydroxylation is 1. The number of rotatable bonds is 2. The number of phenolic OH excluding ortho intramolecular Hbond substituents is 1. The number of nitrogens with one attached hydrogen (secondary N) is 1. The van der Waals surface area contributed by atoms with Gasteiger partial charge in [0.2, 0.25) is 5.91 Å². The van der Waals surface area contributed by atoms with Crippen molar-refractivity contribution in [2.45, 2.75) is 38.4 Å². The van der Waals surface area contributed by atoms with Crippen molar-refractivity contribution < 1.29 is 19.4 Å². The van der Waals surface area contributed by atoms with Crippen LogP contribution in [0, 0.1) is 12.8 Å². The van der Waals surface area contributed by atoms with E-state index in [1.165, 1.54) is 0 Å². The Kier molecular flexibility index (Phi) is 3.87. The molecule has 2 fully saturated rings. The summed E-state index contributed by atoms with van der Waals surface area (Å²) in [5.41, 5.74) is 1.51. The van der Waals surface area contributed by atoms with Gasteiger partial charge >= 0.3 is 0 Å². The Morgan fingerprint density at radius 2 is 2.05 bits per heavy atom. The molecule has 5 heteroatoms. The van der Waals surface area contributed by atoms with Crippen molar-refractivity contribution in [2.24, 2.45) is 5.92 Å². The van der Waals surface area contributed by atoms with Crippen molar-refractivity contribution in [2.75, 3.05) is 18.5 Å². The number of carbonyl (C=O) groups excluding carboxylic acids is 1. The summed E-state index contributed by atoms with van der Waals surface area (Å²) in [7, 11) is 0. The molecular weight excluding hydrogens is 270 g/mol. The van der Waals surface area contributed by atoms with Crippen LogP contribution >= 0.6 is 0 Å². The fourth-order valence-corrected chi connectivity index (χ4v) is 3.33. The van der Waals surface area contributed by atoms with Gasteiger partial charge in [0.1, 0.15) is 5.75 Å². The number of anilines is 1. The number of benzene rings is 1. The highest BCUT2D eigenvalue weighted by Crippen LogP contribution is 2.41. The third-order valence-corrected chi connectivity index (χ3v) is 4.22. The molecule has 1 aromatic carbocycles. The number of aromatic hydroxyl groups is 1. The van der Waals surface area contributed by atoms with E-state index in [0.717, 1.165) is 31.2 Å². The molecule has 1 aliphatic carbocycles. The molecule has 114 valence electrons. The second kappa shape index (κ2) is 5.66. The fourth-order valence-electron chi connectivity index (χ4n) is 3.33. The van der Waals surface area contributed by atoms with Gasteiger partial charge in [-0.2, -0.15) is 0 Å². The summed E-state index contributed by atoms with van der Waals surface area (Å²) >= 11 is 0. The first-order valence-corrected chi connectivity index (χ1v) is 7.48. The van der Waals surface area contributed by atoms with Crippen molar-refractivity contribution >= 4 is 11.6 Å². The van der Waals surface area contributed by atoms with E-state index in [1.54, 1.807) is 12.1 Å². The van der Waals surface area contributed by atoms with Crippen LogP contribution in [0.2, 0.25) is 0 Å². The third kappa shape index (κ3) is 2.89. The Morgan fingerprint density at radius 3 is 2.76 bits per heavy atom. The summed E-state index contributed by atoms with van der Waals surface area (Å²) in [5, 5.41) is 12.5. The van der Waals surface area contributed by atoms with Gasteiger partial charge in [0.05, 0.1) is 19.1 Å². The summed E-state index contributed by atoms with van der Waals surface area (Å²) < 4.78 is 11.5. The van der Waals surface area contributed by atoms with E-state index in [0.29, 0.717) is 18.9 Å². The van der Waals surface area contributed by atoms with Gasteiger partial charge in [-0.3, -0.25) is 4.79 Å². The minimum Gasteiger partial charge on any atom is -0.508 e. The standard InChI is InChI=1S/C16H21NO4/c1-11-8-12(10-13(18)9-11)17-15(19)14-4-2-3-5-16(14)20-6-7-21-16/h8-10,14,18H,2-7H2,1H3,(H,17,19). The minimum atomic E-state index is -0.742. The number of amides is 1. The van der Waals surface area contributed by atoms with Gasteiger partial charge in [0.25, 0.3) is 0 Å². The molecule has 5 nitrogen and oxygen atoms in total. The van der Waals surface area contributed by atoms with Crippen LogP contribution in [0.3, 0.4) is 0 Å². The number of hydrogen-bond donors (Lipinski definition) is 2. The molecule has 1 amide bonds. The smallest absolute Gasteiger partial charge is 0.232 e. The number of ether oxygens (including phenoxy) is 2. The molecule has 0 radical (unpaired) electrons. The quantitative estimate of drug-likeness (QED) is 0.879. The molecule has 1 spiro atoms. The Balaban J connectivity index is 1.77. The maximum Gasteiger partial charge on any atom is 0.232 e. The van der Waals surface area contributed by atoms with Gasteiger partial charge in [-0.05, 0) is 37.5 Å². The first-order valence-electron chi connectivity index (χ1n) is 7.48. The molecule has 2 N–H and O–H groups in total. The Labute approximate surface area is 124 Å². The molecule has 2 aliphatic rings. The van der Waals surface area contributed by atoms with E-state index in [1.807, 2.05) is 13.0 Å².